The second-order valence-corrected chi connectivity index (χ2v) is 7.23. The maximum absolute atomic E-state index is 12.5. The average molecular weight is 406 g/mol. The molecule has 1 unspecified atom stereocenters. The summed E-state index contributed by atoms with van der Waals surface area (Å²) in [6.45, 7) is 6.15. The van der Waals surface area contributed by atoms with Crippen LogP contribution in [-0.2, 0) is 11.3 Å². The van der Waals surface area contributed by atoms with E-state index in [4.69, 9.17) is 5.26 Å². The van der Waals surface area contributed by atoms with Crippen molar-refractivity contribution in [3.05, 3.63) is 35.4 Å². The first kappa shape index (κ1) is 22.0. The van der Waals surface area contributed by atoms with Crippen LogP contribution in [0.25, 0.3) is 0 Å². The molecule has 0 spiro atoms. The van der Waals surface area contributed by atoms with E-state index in [0.717, 1.165) is 24.9 Å². The minimum absolute atomic E-state index is 0. The van der Waals surface area contributed by atoms with Gasteiger partial charge in [0, 0.05) is 39.3 Å². The molecule has 2 aliphatic rings. The van der Waals surface area contributed by atoms with Gasteiger partial charge in [0.05, 0.1) is 12.6 Å². The molecule has 0 saturated carbocycles. The van der Waals surface area contributed by atoms with E-state index in [0.29, 0.717) is 32.7 Å². The van der Waals surface area contributed by atoms with Crippen LogP contribution in [0, 0.1) is 18.3 Å². The Morgan fingerprint density at radius 2 is 1.93 bits per heavy atom. The summed E-state index contributed by atoms with van der Waals surface area (Å²) in [6, 6.07) is 10.2. The standard InChI is InChI=1S/C20H27N5O2.ClH/c1-16-4-6-17(7-5-16)15-24-12-11-23(20(24)27)10-8-22-14-19(26)25-9-2-3-18(25)13-21;/h4-7,18,22H,2-3,8-12,14-15H2,1H3;1H. The number of halogens is 1. The van der Waals surface area contributed by atoms with Crippen LogP contribution in [0.4, 0.5) is 4.79 Å². The first-order valence-corrected chi connectivity index (χ1v) is 9.57. The van der Waals surface area contributed by atoms with Gasteiger partial charge in [-0.05, 0) is 25.3 Å². The molecule has 28 heavy (non-hydrogen) atoms. The van der Waals surface area contributed by atoms with Gasteiger partial charge in [-0.3, -0.25) is 4.79 Å². The Morgan fingerprint density at radius 1 is 1.21 bits per heavy atom. The number of benzene rings is 1. The quantitative estimate of drug-likeness (QED) is 0.701. The molecule has 0 aromatic heterocycles. The number of hydrogen-bond donors (Lipinski definition) is 1. The van der Waals surface area contributed by atoms with Crippen molar-refractivity contribution >= 4 is 24.3 Å². The third-order valence-electron chi connectivity index (χ3n) is 5.23. The van der Waals surface area contributed by atoms with Crippen LogP contribution < -0.4 is 5.32 Å². The molecule has 8 heteroatoms. The van der Waals surface area contributed by atoms with Gasteiger partial charge in [-0.15, -0.1) is 12.4 Å². The third kappa shape index (κ3) is 5.37. The Kier molecular flexibility index (Phi) is 8.09. The molecule has 0 bridgehead atoms. The van der Waals surface area contributed by atoms with Gasteiger partial charge in [-0.25, -0.2) is 4.79 Å². The molecule has 2 aliphatic heterocycles. The maximum Gasteiger partial charge on any atom is 0.320 e. The Bertz CT molecular complexity index is 718. The fourth-order valence-electron chi connectivity index (χ4n) is 3.61. The molecule has 1 atom stereocenters. The van der Waals surface area contributed by atoms with Crippen LogP contribution in [0.15, 0.2) is 24.3 Å². The SMILES string of the molecule is Cc1ccc(CN2CCN(CCNCC(=O)N3CCCC3C#N)C2=O)cc1.Cl. The predicted molar refractivity (Wildman–Crippen MR) is 109 cm³/mol. The predicted octanol–water partition coefficient (Wildman–Crippen LogP) is 1.76. The monoisotopic (exact) mass is 405 g/mol. The molecule has 7 nitrogen and oxygen atoms in total. The van der Waals surface area contributed by atoms with E-state index in [-0.39, 0.29) is 36.9 Å². The topological polar surface area (TPSA) is 79.7 Å². The number of carbonyl (C=O) groups is 2. The van der Waals surface area contributed by atoms with Crippen molar-refractivity contribution in [3.8, 4) is 6.07 Å². The zero-order valence-electron chi connectivity index (χ0n) is 16.3. The summed E-state index contributed by atoms with van der Waals surface area (Å²) in [5.41, 5.74) is 2.35. The first-order chi connectivity index (χ1) is 13.1. The highest BCUT2D eigenvalue weighted by molar-refractivity contribution is 5.85. The van der Waals surface area contributed by atoms with Gasteiger partial charge in [0.25, 0.3) is 0 Å². The molecule has 3 amide bonds. The molecule has 2 fully saturated rings. The molecule has 1 aromatic rings. The molecule has 3 rings (SSSR count). The van der Waals surface area contributed by atoms with Crippen LogP contribution in [-0.4, -0.2) is 71.9 Å². The number of nitrogens with zero attached hydrogens (tertiary/aromatic N) is 4. The number of aryl methyl sites for hydroxylation is 1. The molecular weight excluding hydrogens is 378 g/mol. The summed E-state index contributed by atoms with van der Waals surface area (Å²) in [5.74, 6) is -0.0344. The second-order valence-electron chi connectivity index (χ2n) is 7.23. The van der Waals surface area contributed by atoms with Crippen LogP contribution in [0.5, 0.6) is 0 Å². The Labute approximate surface area is 172 Å². The Morgan fingerprint density at radius 3 is 2.64 bits per heavy atom. The molecule has 2 saturated heterocycles. The summed E-state index contributed by atoms with van der Waals surface area (Å²) >= 11 is 0. The van der Waals surface area contributed by atoms with Crippen molar-refractivity contribution in [1.29, 1.82) is 5.26 Å². The molecule has 152 valence electrons. The number of hydrogen-bond acceptors (Lipinski definition) is 4. The van der Waals surface area contributed by atoms with Crippen LogP contribution in [0.2, 0.25) is 0 Å². The minimum Gasteiger partial charge on any atom is -0.326 e. The zero-order valence-corrected chi connectivity index (χ0v) is 17.1. The van der Waals surface area contributed by atoms with E-state index in [1.165, 1.54) is 5.56 Å². The Hall–Kier alpha value is -2.30. The molecule has 1 aromatic carbocycles. The lowest BCUT2D eigenvalue weighted by molar-refractivity contribution is -0.130. The van der Waals surface area contributed by atoms with Crippen LogP contribution in [0.1, 0.15) is 24.0 Å². The third-order valence-corrected chi connectivity index (χ3v) is 5.23. The van der Waals surface area contributed by atoms with Gasteiger partial charge in [-0.1, -0.05) is 29.8 Å². The van der Waals surface area contributed by atoms with Crippen molar-refractivity contribution in [2.45, 2.75) is 32.4 Å². The van der Waals surface area contributed by atoms with E-state index in [9.17, 15) is 9.59 Å². The van der Waals surface area contributed by atoms with Gasteiger partial charge in [0.15, 0.2) is 0 Å². The maximum atomic E-state index is 12.5. The van der Waals surface area contributed by atoms with Gasteiger partial charge in [0.1, 0.15) is 6.04 Å². The van der Waals surface area contributed by atoms with E-state index in [1.807, 2.05) is 9.80 Å². The van der Waals surface area contributed by atoms with Crippen molar-refractivity contribution < 1.29 is 9.59 Å². The summed E-state index contributed by atoms with van der Waals surface area (Å²) in [7, 11) is 0. The summed E-state index contributed by atoms with van der Waals surface area (Å²) in [4.78, 5) is 30.0. The molecule has 0 radical (unpaired) electrons. The van der Waals surface area contributed by atoms with Gasteiger partial charge in [0.2, 0.25) is 5.91 Å². The molecule has 2 heterocycles. The van der Waals surface area contributed by atoms with Crippen molar-refractivity contribution in [2.24, 2.45) is 0 Å². The average Bonchev–Trinajstić information content (AvgIpc) is 3.28. The normalized spacial score (nSPS) is 18.9. The molecule has 1 N–H and O–H groups in total. The molecule has 0 aliphatic carbocycles. The van der Waals surface area contributed by atoms with Gasteiger partial charge >= 0.3 is 6.03 Å². The van der Waals surface area contributed by atoms with Gasteiger partial charge < -0.3 is 20.0 Å². The smallest absolute Gasteiger partial charge is 0.320 e. The lowest BCUT2D eigenvalue weighted by Crippen LogP contribution is -2.42. The van der Waals surface area contributed by atoms with Crippen LogP contribution >= 0.6 is 12.4 Å². The van der Waals surface area contributed by atoms with Gasteiger partial charge in [-0.2, -0.15) is 5.26 Å². The van der Waals surface area contributed by atoms with Crippen molar-refractivity contribution in [1.82, 2.24) is 20.0 Å². The first-order valence-electron chi connectivity index (χ1n) is 9.57. The fourth-order valence-corrected chi connectivity index (χ4v) is 3.61. The van der Waals surface area contributed by atoms with Crippen molar-refractivity contribution in [3.63, 3.8) is 0 Å². The van der Waals surface area contributed by atoms with E-state index in [1.54, 1.807) is 4.90 Å². The van der Waals surface area contributed by atoms with E-state index >= 15 is 0 Å². The van der Waals surface area contributed by atoms with E-state index < -0.39 is 0 Å². The number of amides is 3. The number of likely N-dealkylation sites (tertiary alicyclic amines) is 1. The zero-order chi connectivity index (χ0) is 19.2. The highest BCUT2D eigenvalue weighted by Crippen LogP contribution is 2.16. The number of rotatable bonds is 7. The summed E-state index contributed by atoms with van der Waals surface area (Å²) in [5, 5.41) is 12.2. The number of nitrogens with one attached hydrogen (secondary N) is 1. The Balaban J connectivity index is 0.00000280. The van der Waals surface area contributed by atoms with Crippen LogP contribution in [0.3, 0.4) is 0 Å². The largest absolute Gasteiger partial charge is 0.326 e. The second kappa shape index (κ2) is 10.3. The van der Waals surface area contributed by atoms with E-state index in [2.05, 4.69) is 42.6 Å². The summed E-state index contributed by atoms with van der Waals surface area (Å²) < 4.78 is 0. The number of urea groups is 1. The summed E-state index contributed by atoms with van der Waals surface area (Å²) in [6.07, 6.45) is 1.66. The number of nitriles is 1. The molecular formula is C20H28ClN5O2. The highest BCUT2D eigenvalue weighted by atomic mass is 35.5. The highest BCUT2D eigenvalue weighted by Gasteiger charge is 2.29. The number of carbonyl (C=O) groups excluding carboxylic acids is 2. The lowest BCUT2D eigenvalue weighted by atomic mass is 10.1. The lowest BCUT2D eigenvalue weighted by Gasteiger charge is -2.21. The minimum atomic E-state index is -0.283. The van der Waals surface area contributed by atoms with Crippen molar-refractivity contribution in [2.75, 3.05) is 39.3 Å². The fraction of sp³-hybridized carbons (Fsp3) is 0.550.